The normalized spacial score (nSPS) is 10.9. The van der Waals surface area contributed by atoms with E-state index in [0.29, 0.717) is 18.7 Å². The molecular formula is C15H14BrFN2O2. The molecule has 21 heavy (non-hydrogen) atoms. The van der Waals surface area contributed by atoms with Crippen LogP contribution in [0.3, 0.4) is 0 Å². The summed E-state index contributed by atoms with van der Waals surface area (Å²) in [6.45, 7) is 0.932. The van der Waals surface area contributed by atoms with Gasteiger partial charge in [0, 0.05) is 29.2 Å². The molecule has 0 atom stereocenters. The molecule has 6 heteroatoms. The third-order valence-corrected chi connectivity index (χ3v) is 3.53. The molecule has 0 aliphatic carbocycles. The second kappa shape index (κ2) is 6.78. The van der Waals surface area contributed by atoms with Crippen molar-refractivity contribution in [3.8, 4) is 0 Å². The molecule has 0 fully saturated rings. The van der Waals surface area contributed by atoms with Gasteiger partial charge in [-0.3, -0.25) is 15.0 Å². The van der Waals surface area contributed by atoms with Crippen LogP contribution in [0.2, 0.25) is 0 Å². The van der Waals surface area contributed by atoms with E-state index in [1.807, 2.05) is 36.2 Å². The Kier molecular flexibility index (Phi) is 5.03. The van der Waals surface area contributed by atoms with E-state index in [1.165, 1.54) is 12.1 Å². The molecule has 0 N–H and O–H groups in total. The minimum absolute atomic E-state index is 0.306. The van der Waals surface area contributed by atoms with Crippen molar-refractivity contribution in [3.63, 3.8) is 0 Å². The molecule has 4 nitrogen and oxygen atoms in total. The standard InChI is InChI=1S/C15H14BrFN2O2/c1-18(9-11-4-2-6-13(16)8-11)10-12-5-3-7-14(15(12)17)19(20)21/h2-8H,9-10H2,1H3. The summed E-state index contributed by atoms with van der Waals surface area (Å²) in [5.74, 6) is -0.761. The number of benzene rings is 2. The van der Waals surface area contributed by atoms with E-state index in [1.54, 1.807) is 6.07 Å². The molecule has 0 spiro atoms. The van der Waals surface area contributed by atoms with Gasteiger partial charge in [-0.15, -0.1) is 0 Å². The number of nitro groups is 1. The van der Waals surface area contributed by atoms with Crippen LogP contribution < -0.4 is 0 Å². The molecule has 0 amide bonds. The van der Waals surface area contributed by atoms with Crippen molar-refractivity contribution in [3.05, 3.63) is 74.0 Å². The van der Waals surface area contributed by atoms with Gasteiger partial charge in [-0.2, -0.15) is 4.39 Å². The van der Waals surface area contributed by atoms with Gasteiger partial charge in [0.15, 0.2) is 0 Å². The summed E-state index contributed by atoms with van der Waals surface area (Å²) in [6, 6.07) is 12.1. The molecule has 0 bridgehead atoms. The van der Waals surface area contributed by atoms with Crippen LogP contribution in [0.1, 0.15) is 11.1 Å². The lowest BCUT2D eigenvalue weighted by Gasteiger charge is -2.17. The second-order valence-corrected chi connectivity index (χ2v) is 5.73. The highest BCUT2D eigenvalue weighted by Crippen LogP contribution is 2.22. The number of nitrogens with zero attached hydrogens (tertiary/aromatic N) is 2. The smallest absolute Gasteiger partial charge is 0.298 e. The quantitative estimate of drug-likeness (QED) is 0.600. The Hall–Kier alpha value is -1.79. The van der Waals surface area contributed by atoms with Crippen molar-refractivity contribution < 1.29 is 9.31 Å². The monoisotopic (exact) mass is 352 g/mol. The Morgan fingerprint density at radius 1 is 1.24 bits per heavy atom. The fourth-order valence-electron chi connectivity index (χ4n) is 2.12. The molecule has 2 rings (SSSR count). The predicted molar refractivity (Wildman–Crippen MR) is 82.4 cm³/mol. The van der Waals surface area contributed by atoms with E-state index in [0.717, 1.165) is 10.0 Å². The maximum atomic E-state index is 14.0. The fraction of sp³-hybridized carbons (Fsp3) is 0.200. The zero-order valence-electron chi connectivity index (χ0n) is 11.4. The Morgan fingerprint density at radius 2 is 1.95 bits per heavy atom. The molecule has 0 aromatic heterocycles. The zero-order valence-corrected chi connectivity index (χ0v) is 13.0. The van der Waals surface area contributed by atoms with Crippen LogP contribution in [0, 0.1) is 15.9 Å². The molecule has 0 radical (unpaired) electrons. The number of hydrogen-bond acceptors (Lipinski definition) is 3. The first-order valence-electron chi connectivity index (χ1n) is 6.32. The summed E-state index contributed by atoms with van der Waals surface area (Å²) in [7, 11) is 1.85. The van der Waals surface area contributed by atoms with Crippen molar-refractivity contribution in [2.75, 3.05) is 7.05 Å². The Balaban J connectivity index is 2.11. The van der Waals surface area contributed by atoms with Crippen molar-refractivity contribution in [1.82, 2.24) is 4.90 Å². The van der Waals surface area contributed by atoms with Gasteiger partial charge in [-0.05, 0) is 24.7 Å². The summed E-state index contributed by atoms with van der Waals surface area (Å²) in [6.07, 6.45) is 0. The summed E-state index contributed by atoms with van der Waals surface area (Å²) in [5, 5.41) is 10.7. The minimum atomic E-state index is -0.761. The number of rotatable bonds is 5. The second-order valence-electron chi connectivity index (χ2n) is 4.81. The van der Waals surface area contributed by atoms with E-state index < -0.39 is 16.4 Å². The van der Waals surface area contributed by atoms with E-state index in [2.05, 4.69) is 15.9 Å². The van der Waals surface area contributed by atoms with E-state index >= 15 is 0 Å². The van der Waals surface area contributed by atoms with Crippen LogP contribution in [0.25, 0.3) is 0 Å². The van der Waals surface area contributed by atoms with Crippen molar-refractivity contribution in [2.24, 2.45) is 0 Å². The highest BCUT2D eigenvalue weighted by atomic mass is 79.9. The van der Waals surface area contributed by atoms with E-state index in [9.17, 15) is 14.5 Å². The first-order chi connectivity index (χ1) is 9.97. The Morgan fingerprint density at radius 3 is 2.62 bits per heavy atom. The highest BCUT2D eigenvalue weighted by Gasteiger charge is 2.17. The van der Waals surface area contributed by atoms with Gasteiger partial charge in [0.25, 0.3) is 0 Å². The van der Waals surface area contributed by atoms with Gasteiger partial charge in [0.1, 0.15) is 0 Å². The van der Waals surface area contributed by atoms with Crippen molar-refractivity contribution >= 4 is 21.6 Å². The third-order valence-electron chi connectivity index (χ3n) is 3.04. The fourth-order valence-corrected chi connectivity index (χ4v) is 2.57. The highest BCUT2D eigenvalue weighted by molar-refractivity contribution is 9.10. The summed E-state index contributed by atoms with van der Waals surface area (Å²) < 4.78 is 15.0. The van der Waals surface area contributed by atoms with Crippen LogP contribution >= 0.6 is 15.9 Å². The molecule has 0 saturated carbocycles. The molecule has 110 valence electrons. The van der Waals surface area contributed by atoms with Gasteiger partial charge in [0.2, 0.25) is 5.82 Å². The molecule has 2 aromatic rings. The largest absolute Gasteiger partial charge is 0.305 e. The molecular weight excluding hydrogens is 339 g/mol. The van der Waals surface area contributed by atoms with E-state index in [4.69, 9.17) is 0 Å². The van der Waals surface area contributed by atoms with Crippen LogP contribution in [0.4, 0.5) is 10.1 Å². The van der Waals surface area contributed by atoms with Gasteiger partial charge in [-0.1, -0.05) is 40.2 Å². The molecule has 2 aromatic carbocycles. The van der Waals surface area contributed by atoms with Crippen molar-refractivity contribution in [2.45, 2.75) is 13.1 Å². The van der Waals surface area contributed by atoms with E-state index in [-0.39, 0.29) is 0 Å². The topological polar surface area (TPSA) is 46.4 Å². The zero-order chi connectivity index (χ0) is 15.4. The molecule has 0 aliphatic heterocycles. The van der Waals surface area contributed by atoms with Crippen LogP contribution in [-0.2, 0) is 13.1 Å². The van der Waals surface area contributed by atoms with Crippen LogP contribution in [0.5, 0.6) is 0 Å². The third kappa shape index (κ3) is 4.09. The maximum absolute atomic E-state index is 14.0. The maximum Gasteiger partial charge on any atom is 0.305 e. The minimum Gasteiger partial charge on any atom is -0.298 e. The Labute approximate surface area is 130 Å². The number of halogens is 2. The average molecular weight is 353 g/mol. The van der Waals surface area contributed by atoms with Gasteiger partial charge in [-0.25, -0.2) is 0 Å². The lowest BCUT2D eigenvalue weighted by atomic mass is 10.1. The average Bonchev–Trinajstić information content (AvgIpc) is 2.40. The van der Waals surface area contributed by atoms with Crippen LogP contribution in [0.15, 0.2) is 46.9 Å². The van der Waals surface area contributed by atoms with Gasteiger partial charge < -0.3 is 0 Å². The molecule has 0 heterocycles. The first-order valence-corrected chi connectivity index (χ1v) is 7.11. The van der Waals surface area contributed by atoms with Gasteiger partial charge in [0.05, 0.1) is 4.92 Å². The number of hydrogen-bond donors (Lipinski definition) is 0. The van der Waals surface area contributed by atoms with Crippen molar-refractivity contribution in [1.29, 1.82) is 0 Å². The summed E-state index contributed by atoms with van der Waals surface area (Å²) in [4.78, 5) is 11.9. The summed E-state index contributed by atoms with van der Waals surface area (Å²) in [5.41, 5.74) is 0.919. The van der Waals surface area contributed by atoms with Crippen LogP contribution in [-0.4, -0.2) is 16.9 Å². The number of nitro benzene ring substituents is 1. The van der Waals surface area contributed by atoms with Gasteiger partial charge >= 0.3 is 5.69 Å². The molecule has 0 saturated heterocycles. The summed E-state index contributed by atoms with van der Waals surface area (Å²) >= 11 is 3.40. The lowest BCUT2D eigenvalue weighted by Crippen LogP contribution is -2.18. The first kappa shape index (κ1) is 15.6. The lowest BCUT2D eigenvalue weighted by molar-refractivity contribution is -0.387. The Bertz CT molecular complexity index is 664. The predicted octanol–water partition coefficient (Wildman–Crippen LogP) is 4.13. The molecule has 0 aliphatic rings. The SMILES string of the molecule is CN(Cc1cccc(Br)c1)Cc1cccc([N+](=O)[O-])c1F. The molecule has 0 unspecified atom stereocenters.